The zero-order valence-corrected chi connectivity index (χ0v) is 22.0. The fourth-order valence-electron chi connectivity index (χ4n) is 3.96. The van der Waals surface area contributed by atoms with Gasteiger partial charge >= 0.3 is 13.8 Å². The molecule has 0 aliphatic heterocycles. The predicted molar refractivity (Wildman–Crippen MR) is 150 cm³/mol. The van der Waals surface area contributed by atoms with Crippen LogP contribution in [0.2, 0.25) is 0 Å². The number of benzene rings is 5. The van der Waals surface area contributed by atoms with Crippen LogP contribution in [0.15, 0.2) is 127 Å². The maximum absolute atomic E-state index is 14.1. The molecule has 0 amide bonds. The average Bonchev–Trinajstić information content (AvgIpc) is 3.00. The van der Waals surface area contributed by atoms with Crippen molar-refractivity contribution in [2.45, 2.75) is 19.8 Å². The van der Waals surface area contributed by atoms with Crippen LogP contribution in [-0.4, -0.2) is 5.97 Å². The Labute approximate surface area is 227 Å². The van der Waals surface area contributed by atoms with Gasteiger partial charge < -0.3 is 9.26 Å². The van der Waals surface area contributed by atoms with Crippen molar-refractivity contribution in [2.75, 3.05) is 0 Å². The van der Waals surface area contributed by atoms with Crippen molar-refractivity contribution in [3.8, 4) is 5.75 Å². The molecule has 5 rings (SSSR count). The van der Waals surface area contributed by atoms with Crippen molar-refractivity contribution in [1.82, 2.24) is 0 Å². The average molecular weight is 539 g/mol. The Kier molecular flexibility index (Phi) is 8.49. The lowest BCUT2D eigenvalue weighted by Gasteiger charge is -2.21. The van der Waals surface area contributed by atoms with Gasteiger partial charge in [0.2, 0.25) is 0 Å². The third-order valence-electron chi connectivity index (χ3n) is 5.98. The van der Waals surface area contributed by atoms with Gasteiger partial charge in [0.05, 0.1) is 13.2 Å². The van der Waals surface area contributed by atoms with Crippen molar-refractivity contribution >= 4 is 24.6 Å². The van der Waals surface area contributed by atoms with E-state index in [1.165, 1.54) is 0 Å². The monoisotopic (exact) mass is 538 g/mol. The maximum atomic E-state index is 14.1. The second kappa shape index (κ2) is 12.5. The molecule has 0 bridgehead atoms. The van der Waals surface area contributed by atoms with Gasteiger partial charge in [-0.2, -0.15) is 0 Å². The molecule has 0 aromatic heterocycles. The summed E-state index contributed by atoms with van der Waals surface area (Å²) in [7, 11) is -4.23. The summed E-state index contributed by atoms with van der Waals surface area (Å²) < 4.78 is 37.4. The number of hydrogen-bond donors (Lipinski definition) is 0. The smallest absolute Gasteiger partial charge is 0.457 e. The second-order valence-corrected chi connectivity index (χ2v) is 10.4. The molecular weight excluding hydrogens is 511 g/mol. The number of esters is 1. The van der Waals surface area contributed by atoms with Crippen LogP contribution in [0.3, 0.4) is 0 Å². The number of phosphoric ester groups is 1. The highest BCUT2D eigenvalue weighted by atomic mass is 31.2. The van der Waals surface area contributed by atoms with Crippen LogP contribution < -0.4 is 4.52 Å². The fraction of sp³-hybridized carbons (Fsp3) is 0.0938. The minimum Gasteiger partial charge on any atom is -0.457 e. The highest BCUT2D eigenvalue weighted by Crippen LogP contribution is 2.53. The highest BCUT2D eigenvalue weighted by molar-refractivity contribution is 7.48. The lowest BCUT2D eigenvalue weighted by atomic mass is 10.1. The van der Waals surface area contributed by atoms with Crippen LogP contribution in [0.1, 0.15) is 27.0 Å². The summed E-state index contributed by atoms with van der Waals surface area (Å²) in [6.45, 7) is 0.0650. The van der Waals surface area contributed by atoms with Crippen molar-refractivity contribution in [3.05, 3.63) is 150 Å². The van der Waals surface area contributed by atoms with Gasteiger partial charge in [-0.05, 0) is 28.1 Å². The Hall–Kier alpha value is -4.22. The van der Waals surface area contributed by atoms with Crippen LogP contribution in [0, 0.1) is 0 Å². The molecule has 0 saturated heterocycles. The zero-order valence-electron chi connectivity index (χ0n) is 21.1. The van der Waals surface area contributed by atoms with Gasteiger partial charge in [-0.1, -0.05) is 121 Å². The van der Waals surface area contributed by atoms with Gasteiger partial charge in [-0.25, -0.2) is 9.36 Å². The van der Waals surface area contributed by atoms with E-state index in [9.17, 15) is 9.36 Å². The van der Waals surface area contributed by atoms with Gasteiger partial charge in [-0.3, -0.25) is 9.05 Å². The SMILES string of the molecule is O=C(OCc1ccccc1)c1ccc2ccccc2c1OP(=O)(OCc1ccccc1)OCc1ccccc1. The first-order valence-corrected chi connectivity index (χ1v) is 14.0. The molecule has 0 aliphatic rings. The molecule has 5 aromatic carbocycles. The Balaban J connectivity index is 1.46. The maximum Gasteiger partial charge on any atom is 0.530 e. The number of fused-ring (bicyclic) bond motifs is 1. The minimum absolute atomic E-state index is 0.00847. The van der Waals surface area contributed by atoms with Gasteiger partial charge in [0.15, 0.2) is 5.75 Å². The summed E-state index contributed by atoms with van der Waals surface area (Å²) in [5.41, 5.74) is 2.56. The first-order chi connectivity index (χ1) is 19.1. The van der Waals surface area contributed by atoms with Crippen LogP contribution >= 0.6 is 7.82 Å². The summed E-state index contributed by atoms with van der Waals surface area (Å²) in [5, 5.41) is 1.38. The molecule has 6 nitrogen and oxygen atoms in total. The molecule has 0 N–H and O–H groups in total. The number of carbonyl (C=O) groups excluding carboxylic acids is 1. The first kappa shape index (κ1) is 26.4. The quantitative estimate of drug-likeness (QED) is 0.125. The van der Waals surface area contributed by atoms with Crippen LogP contribution in [-0.2, 0) is 38.2 Å². The van der Waals surface area contributed by atoms with Gasteiger partial charge in [0.1, 0.15) is 12.2 Å². The van der Waals surface area contributed by atoms with Crippen molar-refractivity contribution in [2.24, 2.45) is 0 Å². The molecule has 39 heavy (non-hydrogen) atoms. The summed E-state index contributed by atoms with van der Waals surface area (Å²) in [6, 6.07) is 38.8. The molecule has 0 fully saturated rings. The normalized spacial score (nSPS) is 11.3. The molecule has 0 spiro atoms. The molecular formula is C32H27O6P. The van der Waals surface area contributed by atoms with E-state index in [0.29, 0.717) is 5.39 Å². The number of ether oxygens (including phenoxy) is 1. The molecule has 0 atom stereocenters. The van der Waals surface area contributed by atoms with E-state index >= 15 is 0 Å². The second-order valence-electron chi connectivity index (χ2n) is 8.78. The summed E-state index contributed by atoms with van der Waals surface area (Å²) in [6.07, 6.45) is 0. The van der Waals surface area contributed by atoms with Crippen LogP contribution in [0.4, 0.5) is 0 Å². The molecule has 0 unspecified atom stereocenters. The summed E-state index contributed by atoms with van der Waals surface area (Å²) >= 11 is 0. The summed E-state index contributed by atoms with van der Waals surface area (Å²) in [4.78, 5) is 13.3. The van der Waals surface area contributed by atoms with Gasteiger partial charge in [0.25, 0.3) is 0 Å². The third-order valence-corrected chi connectivity index (χ3v) is 7.28. The third kappa shape index (κ3) is 7.01. The standard InChI is InChI=1S/C32H27O6P/c33-32(35-22-25-12-4-1-5-13-25)30-21-20-28-18-10-11-19-29(28)31(30)38-39(34,36-23-26-14-6-2-7-15-26)37-24-27-16-8-3-9-17-27/h1-21H,22-24H2. The van der Waals surface area contributed by atoms with E-state index in [1.54, 1.807) is 18.2 Å². The molecule has 7 heteroatoms. The Morgan fingerprint density at radius 3 is 1.62 bits per heavy atom. The Morgan fingerprint density at radius 2 is 1.05 bits per heavy atom. The van der Waals surface area contributed by atoms with Crippen LogP contribution in [0.25, 0.3) is 10.8 Å². The fourth-order valence-corrected chi connectivity index (χ4v) is 5.18. The summed E-state index contributed by atoms with van der Waals surface area (Å²) in [5.74, 6) is -0.534. The van der Waals surface area contributed by atoms with Gasteiger partial charge in [-0.15, -0.1) is 0 Å². The Morgan fingerprint density at radius 1 is 0.564 bits per heavy atom. The molecule has 0 heterocycles. The molecule has 0 saturated carbocycles. The predicted octanol–water partition coefficient (Wildman–Crippen LogP) is 8.12. The van der Waals surface area contributed by atoms with E-state index in [-0.39, 0.29) is 31.1 Å². The number of carbonyl (C=O) groups is 1. The van der Waals surface area contributed by atoms with E-state index in [1.807, 2.05) is 109 Å². The zero-order chi connectivity index (χ0) is 26.9. The van der Waals surface area contributed by atoms with E-state index in [2.05, 4.69) is 0 Å². The highest BCUT2D eigenvalue weighted by Gasteiger charge is 2.32. The topological polar surface area (TPSA) is 71.1 Å². The van der Waals surface area contributed by atoms with Crippen molar-refractivity contribution in [1.29, 1.82) is 0 Å². The molecule has 0 aliphatic carbocycles. The largest absolute Gasteiger partial charge is 0.530 e. The number of rotatable bonds is 11. The van der Waals surface area contributed by atoms with E-state index in [4.69, 9.17) is 18.3 Å². The minimum atomic E-state index is -4.23. The van der Waals surface area contributed by atoms with Crippen molar-refractivity contribution < 1.29 is 27.7 Å². The van der Waals surface area contributed by atoms with E-state index in [0.717, 1.165) is 22.1 Å². The number of hydrogen-bond acceptors (Lipinski definition) is 6. The van der Waals surface area contributed by atoms with Crippen molar-refractivity contribution in [3.63, 3.8) is 0 Å². The van der Waals surface area contributed by atoms with Crippen LogP contribution in [0.5, 0.6) is 5.75 Å². The number of phosphoric acid groups is 1. The lowest BCUT2D eigenvalue weighted by Crippen LogP contribution is -2.10. The molecule has 0 radical (unpaired) electrons. The first-order valence-electron chi connectivity index (χ1n) is 12.5. The Bertz CT molecular complexity index is 1530. The van der Waals surface area contributed by atoms with E-state index < -0.39 is 13.8 Å². The van der Waals surface area contributed by atoms with Gasteiger partial charge in [0, 0.05) is 5.39 Å². The molecule has 5 aromatic rings. The molecule has 196 valence electrons. The lowest BCUT2D eigenvalue weighted by molar-refractivity contribution is 0.0470.